The maximum atomic E-state index is 5.17. The van der Waals surface area contributed by atoms with E-state index in [4.69, 9.17) is 4.74 Å². The van der Waals surface area contributed by atoms with E-state index in [1.54, 1.807) is 7.11 Å². The summed E-state index contributed by atoms with van der Waals surface area (Å²) < 4.78 is 5.17. The van der Waals surface area contributed by atoms with Gasteiger partial charge < -0.3 is 15.0 Å². The summed E-state index contributed by atoms with van der Waals surface area (Å²) in [6.45, 7) is 8.95. The van der Waals surface area contributed by atoms with Crippen LogP contribution < -0.4 is 10.1 Å². The highest BCUT2D eigenvalue weighted by molar-refractivity contribution is 5.27. The number of hydrogen-bond donors (Lipinski definition) is 1. The Balaban J connectivity index is 2.21. The molecule has 1 atom stereocenters. The van der Waals surface area contributed by atoms with Gasteiger partial charge in [0.15, 0.2) is 0 Å². The SMILES string of the molecule is COc1ccc(CC(C)NCCCN(C)C(C)C)cc1. The van der Waals surface area contributed by atoms with Crippen molar-refractivity contribution in [2.45, 2.75) is 45.7 Å². The molecule has 0 saturated carbocycles. The van der Waals surface area contributed by atoms with Crippen molar-refractivity contribution >= 4 is 0 Å². The molecule has 0 spiro atoms. The zero-order valence-corrected chi connectivity index (χ0v) is 13.6. The van der Waals surface area contributed by atoms with Crippen molar-refractivity contribution in [1.29, 1.82) is 0 Å². The first kappa shape index (κ1) is 17.0. The topological polar surface area (TPSA) is 24.5 Å². The van der Waals surface area contributed by atoms with E-state index in [1.165, 1.54) is 12.0 Å². The van der Waals surface area contributed by atoms with Crippen molar-refractivity contribution < 1.29 is 4.74 Å². The van der Waals surface area contributed by atoms with Crippen LogP contribution in [0.5, 0.6) is 5.75 Å². The maximum Gasteiger partial charge on any atom is 0.118 e. The third-order valence-corrected chi connectivity index (χ3v) is 3.76. The summed E-state index contributed by atoms with van der Waals surface area (Å²) in [5.41, 5.74) is 1.35. The number of methoxy groups -OCH3 is 1. The molecule has 0 heterocycles. The Kier molecular flexibility index (Phi) is 7.63. The lowest BCUT2D eigenvalue weighted by Gasteiger charge is -2.21. The predicted molar refractivity (Wildman–Crippen MR) is 86.5 cm³/mol. The summed E-state index contributed by atoms with van der Waals surface area (Å²) in [6.07, 6.45) is 2.26. The van der Waals surface area contributed by atoms with E-state index in [1.807, 2.05) is 12.1 Å². The van der Waals surface area contributed by atoms with Gasteiger partial charge in [-0.15, -0.1) is 0 Å². The number of nitrogens with one attached hydrogen (secondary N) is 1. The quantitative estimate of drug-likeness (QED) is 0.703. The highest BCUT2D eigenvalue weighted by Gasteiger charge is 2.05. The zero-order chi connectivity index (χ0) is 15.0. The molecule has 114 valence electrons. The zero-order valence-electron chi connectivity index (χ0n) is 13.6. The molecule has 1 aromatic carbocycles. The average Bonchev–Trinajstić information content (AvgIpc) is 2.44. The molecule has 0 aliphatic rings. The van der Waals surface area contributed by atoms with Gasteiger partial charge in [0.1, 0.15) is 5.75 Å². The van der Waals surface area contributed by atoms with Crippen molar-refractivity contribution in [2.75, 3.05) is 27.2 Å². The van der Waals surface area contributed by atoms with Crippen molar-refractivity contribution in [3.05, 3.63) is 29.8 Å². The van der Waals surface area contributed by atoms with E-state index < -0.39 is 0 Å². The minimum atomic E-state index is 0.507. The third kappa shape index (κ3) is 6.40. The first-order valence-corrected chi connectivity index (χ1v) is 7.59. The molecule has 0 aliphatic heterocycles. The predicted octanol–water partition coefficient (Wildman–Crippen LogP) is 2.95. The van der Waals surface area contributed by atoms with Gasteiger partial charge >= 0.3 is 0 Å². The van der Waals surface area contributed by atoms with Crippen LogP contribution in [0.4, 0.5) is 0 Å². The molecule has 3 nitrogen and oxygen atoms in total. The van der Waals surface area contributed by atoms with E-state index in [2.05, 4.69) is 50.2 Å². The van der Waals surface area contributed by atoms with E-state index >= 15 is 0 Å². The summed E-state index contributed by atoms with van der Waals surface area (Å²) in [4.78, 5) is 2.38. The lowest BCUT2D eigenvalue weighted by molar-refractivity contribution is 0.268. The molecule has 1 N–H and O–H groups in total. The van der Waals surface area contributed by atoms with Crippen LogP contribution in [0.2, 0.25) is 0 Å². The van der Waals surface area contributed by atoms with Crippen LogP contribution in [0.25, 0.3) is 0 Å². The Morgan fingerprint density at radius 2 is 1.80 bits per heavy atom. The molecule has 1 unspecified atom stereocenters. The second kappa shape index (κ2) is 8.98. The van der Waals surface area contributed by atoms with Gasteiger partial charge in [-0.1, -0.05) is 12.1 Å². The van der Waals surface area contributed by atoms with Crippen molar-refractivity contribution in [2.24, 2.45) is 0 Å². The molecule has 0 saturated heterocycles. The standard InChI is InChI=1S/C17H30N2O/c1-14(2)19(4)12-6-11-18-15(3)13-16-7-9-17(20-5)10-8-16/h7-10,14-15,18H,6,11-13H2,1-5H3. The van der Waals surface area contributed by atoms with E-state index in [0.717, 1.165) is 25.3 Å². The second-order valence-corrected chi connectivity index (χ2v) is 5.84. The Hall–Kier alpha value is -1.06. The van der Waals surface area contributed by atoms with Gasteiger partial charge in [-0.25, -0.2) is 0 Å². The van der Waals surface area contributed by atoms with Gasteiger partial charge in [-0.3, -0.25) is 0 Å². The van der Waals surface area contributed by atoms with Crippen LogP contribution in [0.3, 0.4) is 0 Å². The van der Waals surface area contributed by atoms with Gasteiger partial charge in [-0.05, 0) is 71.4 Å². The van der Waals surface area contributed by atoms with Gasteiger partial charge in [0.25, 0.3) is 0 Å². The number of rotatable bonds is 9. The van der Waals surface area contributed by atoms with Gasteiger partial charge in [0, 0.05) is 12.1 Å². The molecule has 0 fully saturated rings. The molecule has 0 aromatic heterocycles. The van der Waals surface area contributed by atoms with Crippen LogP contribution in [-0.2, 0) is 6.42 Å². The van der Waals surface area contributed by atoms with E-state index in [-0.39, 0.29) is 0 Å². The molecule has 0 bridgehead atoms. The molecule has 1 rings (SSSR count). The average molecular weight is 278 g/mol. The fourth-order valence-electron chi connectivity index (χ4n) is 2.12. The smallest absolute Gasteiger partial charge is 0.118 e. The molecule has 1 aromatic rings. The van der Waals surface area contributed by atoms with E-state index in [9.17, 15) is 0 Å². The minimum absolute atomic E-state index is 0.507. The summed E-state index contributed by atoms with van der Waals surface area (Å²) in [5, 5.41) is 3.60. The summed E-state index contributed by atoms with van der Waals surface area (Å²) in [6, 6.07) is 9.48. The van der Waals surface area contributed by atoms with Crippen molar-refractivity contribution in [3.8, 4) is 5.75 Å². The highest BCUT2D eigenvalue weighted by atomic mass is 16.5. The van der Waals surface area contributed by atoms with Crippen LogP contribution in [-0.4, -0.2) is 44.2 Å². The van der Waals surface area contributed by atoms with Crippen LogP contribution in [0.1, 0.15) is 32.8 Å². The summed E-state index contributed by atoms with van der Waals surface area (Å²) >= 11 is 0. The molecule has 0 aliphatic carbocycles. The van der Waals surface area contributed by atoms with Crippen molar-refractivity contribution in [1.82, 2.24) is 10.2 Å². The minimum Gasteiger partial charge on any atom is -0.497 e. The van der Waals surface area contributed by atoms with Crippen molar-refractivity contribution in [3.63, 3.8) is 0 Å². The number of nitrogens with zero attached hydrogens (tertiary/aromatic N) is 1. The Bertz CT molecular complexity index is 362. The third-order valence-electron chi connectivity index (χ3n) is 3.76. The highest BCUT2D eigenvalue weighted by Crippen LogP contribution is 2.12. The molecular weight excluding hydrogens is 248 g/mol. The second-order valence-electron chi connectivity index (χ2n) is 5.84. The van der Waals surface area contributed by atoms with Gasteiger partial charge in [0.05, 0.1) is 7.11 Å². The van der Waals surface area contributed by atoms with Crippen LogP contribution in [0.15, 0.2) is 24.3 Å². The van der Waals surface area contributed by atoms with Gasteiger partial charge in [-0.2, -0.15) is 0 Å². The molecule has 3 heteroatoms. The molecule has 0 radical (unpaired) electrons. The molecular formula is C17H30N2O. The van der Waals surface area contributed by atoms with E-state index in [0.29, 0.717) is 12.1 Å². The first-order valence-electron chi connectivity index (χ1n) is 7.59. The monoisotopic (exact) mass is 278 g/mol. The number of ether oxygens (including phenoxy) is 1. The fraction of sp³-hybridized carbons (Fsp3) is 0.647. The fourth-order valence-corrected chi connectivity index (χ4v) is 2.12. The van der Waals surface area contributed by atoms with Crippen LogP contribution in [0, 0.1) is 0 Å². The lowest BCUT2D eigenvalue weighted by Crippen LogP contribution is -2.33. The Morgan fingerprint density at radius 1 is 1.15 bits per heavy atom. The largest absolute Gasteiger partial charge is 0.497 e. The van der Waals surface area contributed by atoms with Gasteiger partial charge in [0.2, 0.25) is 0 Å². The maximum absolute atomic E-state index is 5.17. The molecule has 20 heavy (non-hydrogen) atoms. The lowest BCUT2D eigenvalue weighted by atomic mass is 10.1. The first-order chi connectivity index (χ1) is 9.52. The summed E-state index contributed by atoms with van der Waals surface area (Å²) in [5.74, 6) is 0.922. The van der Waals surface area contributed by atoms with Crippen LogP contribution >= 0.6 is 0 Å². The Morgan fingerprint density at radius 3 is 2.35 bits per heavy atom. The normalized spacial score (nSPS) is 12.9. The Labute approximate surface area is 124 Å². The molecule has 0 amide bonds. The number of hydrogen-bond acceptors (Lipinski definition) is 3. The summed E-state index contributed by atoms with van der Waals surface area (Å²) in [7, 11) is 3.89. The number of benzene rings is 1.